The third-order valence-electron chi connectivity index (χ3n) is 2.90. The summed E-state index contributed by atoms with van der Waals surface area (Å²) in [7, 11) is 0. The number of fused-ring (bicyclic) bond motifs is 2. The van der Waals surface area contributed by atoms with Crippen LogP contribution in [0.15, 0.2) is 47.9 Å². The average Bonchev–Trinajstić information content (AvgIpc) is 2.97. The second-order valence-electron chi connectivity index (χ2n) is 4.18. The molecule has 0 radical (unpaired) electrons. The van der Waals surface area contributed by atoms with E-state index < -0.39 is 0 Å². The predicted octanol–water partition coefficient (Wildman–Crippen LogP) is 1.54. The highest BCUT2D eigenvalue weighted by Crippen LogP contribution is 2.11. The third kappa shape index (κ3) is 2.15. The maximum atomic E-state index is 10.5. The molecule has 0 fully saturated rings. The van der Waals surface area contributed by atoms with Gasteiger partial charge in [0.25, 0.3) is 0 Å². The molecule has 20 heavy (non-hydrogen) atoms. The fraction of sp³-hybridized carbons (Fsp3) is 0.0667. The number of nitrogens with zero attached hydrogens (tertiary/aromatic N) is 4. The van der Waals surface area contributed by atoms with Crippen molar-refractivity contribution in [3.8, 4) is 12.3 Å². The predicted molar refractivity (Wildman–Crippen MR) is 76.7 cm³/mol. The van der Waals surface area contributed by atoms with Crippen molar-refractivity contribution in [2.75, 3.05) is 0 Å². The highest BCUT2D eigenvalue weighted by atomic mass is 16.1. The Kier molecular flexibility index (Phi) is 2.98. The molecule has 96 valence electrons. The van der Waals surface area contributed by atoms with Crippen LogP contribution in [0.25, 0.3) is 21.9 Å². The van der Waals surface area contributed by atoms with Crippen molar-refractivity contribution in [1.29, 1.82) is 0 Å². The van der Waals surface area contributed by atoms with Gasteiger partial charge in [0.2, 0.25) is 0 Å². The molecule has 0 unspecified atom stereocenters. The standard InChI is InChI=1S/C8H6N4.C7H4O/c1-2-3-12-6-11-7-4-9-5-10-8(7)12;8-7-5-3-1-2-4-6(5)7/h1,4-6H,3H2;1-4H. The zero-order valence-electron chi connectivity index (χ0n) is 10.5. The second kappa shape index (κ2) is 4.94. The lowest BCUT2D eigenvalue weighted by Gasteiger charge is -1.94. The molecule has 0 spiro atoms. The van der Waals surface area contributed by atoms with Gasteiger partial charge in [-0.1, -0.05) is 30.2 Å². The first-order valence-electron chi connectivity index (χ1n) is 5.99. The molecule has 0 atom stereocenters. The molecule has 0 aliphatic carbocycles. The van der Waals surface area contributed by atoms with Crippen LogP contribution in [-0.2, 0) is 6.54 Å². The third-order valence-corrected chi connectivity index (χ3v) is 2.90. The lowest BCUT2D eigenvalue weighted by Crippen LogP contribution is -1.94. The minimum atomic E-state index is 0.218. The SMILES string of the molecule is C#CCn1cnc2cncnc21.O=c1c2ccccc12. The fourth-order valence-electron chi connectivity index (χ4n) is 1.86. The molecule has 4 rings (SSSR count). The van der Waals surface area contributed by atoms with Crippen molar-refractivity contribution in [2.45, 2.75) is 6.54 Å². The Labute approximate surface area is 114 Å². The summed E-state index contributed by atoms with van der Waals surface area (Å²) in [5.41, 5.74) is 1.77. The Bertz CT molecular complexity index is 891. The van der Waals surface area contributed by atoms with E-state index >= 15 is 0 Å². The van der Waals surface area contributed by atoms with Gasteiger partial charge in [-0.25, -0.2) is 15.0 Å². The van der Waals surface area contributed by atoms with E-state index in [0.29, 0.717) is 6.54 Å². The van der Waals surface area contributed by atoms with Crippen molar-refractivity contribution in [3.63, 3.8) is 0 Å². The molecule has 0 bridgehead atoms. The molecule has 0 aliphatic rings. The molecular formula is C15H10N4O. The number of benzene rings is 1. The van der Waals surface area contributed by atoms with Crippen LogP contribution in [0, 0.1) is 12.3 Å². The number of hydrogen-bond acceptors (Lipinski definition) is 4. The fourth-order valence-corrected chi connectivity index (χ4v) is 1.86. The maximum absolute atomic E-state index is 10.5. The van der Waals surface area contributed by atoms with Gasteiger partial charge in [0.15, 0.2) is 11.1 Å². The Morgan fingerprint density at radius 2 is 1.95 bits per heavy atom. The molecular weight excluding hydrogens is 252 g/mol. The van der Waals surface area contributed by atoms with Gasteiger partial charge in [-0.2, -0.15) is 0 Å². The minimum absolute atomic E-state index is 0.218. The lowest BCUT2D eigenvalue weighted by molar-refractivity contribution is 0.856. The van der Waals surface area contributed by atoms with Crippen molar-refractivity contribution in [2.24, 2.45) is 0 Å². The molecule has 0 saturated heterocycles. The quantitative estimate of drug-likeness (QED) is 0.488. The van der Waals surface area contributed by atoms with Crippen LogP contribution in [0.1, 0.15) is 0 Å². The van der Waals surface area contributed by atoms with E-state index in [1.807, 2.05) is 24.3 Å². The summed E-state index contributed by atoms with van der Waals surface area (Å²) in [6, 6.07) is 7.45. The highest BCUT2D eigenvalue weighted by Gasteiger charge is 2.07. The Balaban J connectivity index is 0.000000131. The molecule has 4 aromatic rings. The largest absolute Gasteiger partial charge is 0.303 e. The van der Waals surface area contributed by atoms with E-state index in [2.05, 4.69) is 20.9 Å². The van der Waals surface area contributed by atoms with Crippen molar-refractivity contribution >= 4 is 21.9 Å². The summed E-state index contributed by atoms with van der Waals surface area (Å²) in [6.45, 7) is 0.494. The van der Waals surface area contributed by atoms with Gasteiger partial charge >= 0.3 is 0 Å². The number of aromatic nitrogens is 4. The highest BCUT2D eigenvalue weighted by molar-refractivity contribution is 5.97. The molecule has 0 amide bonds. The van der Waals surface area contributed by atoms with Gasteiger partial charge in [-0.05, 0) is 0 Å². The zero-order chi connectivity index (χ0) is 13.9. The lowest BCUT2D eigenvalue weighted by atomic mass is 10.4. The van der Waals surface area contributed by atoms with Crippen LogP contribution in [0.4, 0.5) is 0 Å². The van der Waals surface area contributed by atoms with Crippen LogP contribution < -0.4 is 5.43 Å². The average molecular weight is 262 g/mol. The van der Waals surface area contributed by atoms with E-state index in [0.717, 1.165) is 21.9 Å². The first-order chi connectivity index (χ1) is 9.81. The van der Waals surface area contributed by atoms with Crippen LogP contribution >= 0.6 is 0 Å². The Morgan fingerprint density at radius 1 is 1.20 bits per heavy atom. The molecule has 0 saturated carbocycles. The van der Waals surface area contributed by atoms with Gasteiger partial charge in [0.05, 0.1) is 19.1 Å². The van der Waals surface area contributed by atoms with E-state index in [4.69, 9.17) is 6.42 Å². The van der Waals surface area contributed by atoms with Crippen molar-refractivity contribution in [3.05, 3.63) is 53.3 Å². The molecule has 0 N–H and O–H groups in total. The summed E-state index contributed by atoms with van der Waals surface area (Å²) in [6.07, 6.45) is 9.98. The van der Waals surface area contributed by atoms with Gasteiger partial charge in [0, 0.05) is 10.8 Å². The molecule has 2 heterocycles. The molecule has 5 nitrogen and oxygen atoms in total. The first kappa shape index (κ1) is 12.1. The monoisotopic (exact) mass is 262 g/mol. The normalized spacial score (nSPS) is 10.3. The summed E-state index contributed by atoms with van der Waals surface area (Å²) >= 11 is 0. The molecule has 0 aliphatic heterocycles. The summed E-state index contributed by atoms with van der Waals surface area (Å²) in [5, 5.41) is 1.79. The molecule has 5 heteroatoms. The number of rotatable bonds is 1. The van der Waals surface area contributed by atoms with Crippen LogP contribution in [0.2, 0.25) is 0 Å². The second-order valence-corrected chi connectivity index (χ2v) is 4.18. The van der Waals surface area contributed by atoms with Crippen LogP contribution in [-0.4, -0.2) is 19.5 Å². The van der Waals surface area contributed by atoms with E-state index in [9.17, 15) is 4.79 Å². The first-order valence-corrected chi connectivity index (χ1v) is 5.99. The van der Waals surface area contributed by atoms with Gasteiger partial charge in [-0.15, -0.1) is 6.42 Å². The van der Waals surface area contributed by atoms with Crippen LogP contribution in [0.5, 0.6) is 0 Å². The Morgan fingerprint density at radius 3 is 2.60 bits per heavy atom. The van der Waals surface area contributed by atoms with E-state index in [1.54, 1.807) is 17.1 Å². The number of hydrogen-bond donors (Lipinski definition) is 0. The molecule has 2 aromatic carbocycles. The summed E-state index contributed by atoms with van der Waals surface area (Å²) < 4.78 is 1.80. The van der Waals surface area contributed by atoms with Crippen molar-refractivity contribution in [1.82, 2.24) is 19.5 Å². The summed E-state index contributed by atoms with van der Waals surface area (Å²) in [4.78, 5) is 22.5. The van der Waals surface area contributed by atoms with E-state index in [-0.39, 0.29) is 5.43 Å². The Hall–Kier alpha value is -3.00. The van der Waals surface area contributed by atoms with Crippen LogP contribution in [0.3, 0.4) is 0 Å². The minimum Gasteiger partial charge on any atom is -0.303 e. The van der Waals surface area contributed by atoms with Crippen molar-refractivity contribution < 1.29 is 0 Å². The zero-order valence-corrected chi connectivity index (χ0v) is 10.5. The summed E-state index contributed by atoms with van der Waals surface area (Å²) in [5.74, 6) is 2.52. The molecule has 2 aromatic heterocycles. The number of terminal acetylenes is 1. The van der Waals surface area contributed by atoms with E-state index in [1.165, 1.54) is 6.33 Å². The van der Waals surface area contributed by atoms with Gasteiger partial charge < -0.3 is 4.57 Å². The van der Waals surface area contributed by atoms with Gasteiger partial charge in [-0.3, -0.25) is 4.79 Å². The smallest absolute Gasteiger partial charge is 0.194 e. The number of imidazole rings is 1. The maximum Gasteiger partial charge on any atom is 0.194 e. The van der Waals surface area contributed by atoms with Gasteiger partial charge in [0.1, 0.15) is 11.8 Å². The topological polar surface area (TPSA) is 60.7 Å².